The molecule has 0 bridgehead atoms. The molecule has 14 heavy (non-hydrogen) atoms. The third kappa shape index (κ3) is 1.77. The molecular weight excluding hydrogens is 180 g/mol. The third-order valence-electron chi connectivity index (χ3n) is 3.32. The number of ether oxygens (including phenoxy) is 1. The Balaban J connectivity index is 1.96. The minimum atomic E-state index is 0.142. The fourth-order valence-corrected chi connectivity index (χ4v) is 2.58. The Morgan fingerprint density at radius 3 is 3.21 bits per heavy atom. The van der Waals surface area contributed by atoms with Gasteiger partial charge in [-0.2, -0.15) is 0 Å². The van der Waals surface area contributed by atoms with Crippen molar-refractivity contribution in [1.29, 1.82) is 0 Å². The van der Waals surface area contributed by atoms with Gasteiger partial charge in [0.2, 0.25) is 5.91 Å². The molecule has 2 heterocycles. The van der Waals surface area contributed by atoms with E-state index in [-0.39, 0.29) is 12.5 Å². The fraction of sp³-hybridized carbons (Fsp3) is 0.900. The Labute approximate surface area is 84.6 Å². The van der Waals surface area contributed by atoms with Crippen molar-refractivity contribution < 1.29 is 9.53 Å². The smallest absolute Gasteiger partial charge is 0.248 e. The topological polar surface area (TPSA) is 41.6 Å². The van der Waals surface area contributed by atoms with Crippen LogP contribution >= 0.6 is 0 Å². The normalized spacial score (nSPS) is 31.6. The Morgan fingerprint density at radius 2 is 2.43 bits per heavy atom. The molecule has 2 atom stereocenters. The van der Waals surface area contributed by atoms with Crippen LogP contribution in [0.2, 0.25) is 0 Å². The van der Waals surface area contributed by atoms with Crippen molar-refractivity contribution in [2.75, 3.05) is 33.4 Å². The Bertz CT molecular complexity index is 220. The molecule has 0 aromatic heterocycles. The van der Waals surface area contributed by atoms with Crippen LogP contribution in [0.3, 0.4) is 0 Å². The molecule has 2 saturated heterocycles. The first-order valence-electron chi connectivity index (χ1n) is 5.32. The summed E-state index contributed by atoms with van der Waals surface area (Å²) in [5.41, 5.74) is 0. The quantitative estimate of drug-likeness (QED) is 0.670. The third-order valence-corrected chi connectivity index (χ3v) is 3.32. The zero-order valence-corrected chi connectivity index (χ0v) is 8.66. The lowest BCUT2D eigenvalue weighted by molar-refractivity contribution is -0.136. The number of carbonyl (C=O) groups is 1. The number of carbonyl (C=O) groups excluding carboxylic acids is 1. The van der Waals surface area contributed by atoms with Gasteiger partial charge in [-0.1, -0.05) is 0 Å². The predicted molar refractivity (Wildman–Crippen MR) is 53.0 cm³/mol. The lowest BCUT2D eigenvalue weighted by atomic mass is 9.93. The molecule has 0 spiro atoms. The van der Waals surface area contributed by atoms with Crippen molar-refractivity contribution >= 4 is 5.91 Å². The van der Waals surface area contributed by atoms with Crippen LogP contribution in [0.1, 0.15) is 12.8 Å². The largest absolute Gasteiger partial charge is 0.375 e. The monoisotopic (exact) mass is 198 g/mol. The number of piperidine rings is 1. The van der Waals surface area contributed by atoms with E-state index in [9.17, 15) is 4.79 Å². The van der Waals surface area contributed by atoms with Crippen LogP contribution in [-0.4, -0.2) is 50.2 Å². The van der Waals surface area contributed by atoms with E-state index in [1.165, 1.54) is 12.8 Å². The van der Waals surface area contributed by atoms with E-state index in [1.54, 1.807) is 7.11 Å². The number of amides is 1. The molecule has 0 aromatic carbocycles. The average Bonchev–Trinajstić information content (AvgIpc) is 2.61. The molecule has 2 aliphatic rings. The van der Waals surface area contributed by atoms with Crippen LogP contribution in [0.5, 0.6) is 0 Å². The lowest BCUT2D eigenvalue weighted by Gasteiger charge is -2.32. The molecule has 2 aliphatic heterocycles. The van der Waals surface area contributed by atoms with Crippen LogP contribution in [0, 0.1) is 5.92 Å². The van der Waals surface area contributed by atoms with Gasteiger partial charge in [0.1, 0.15) is 6.61 Å². The molecule has 4 heteroatoms. The summed E-state index contributed by atoms with van der Waals surface area (Å²) >= 11 is 0. The minimum absolute atomic E-state index is 0.142. The van der Waals surface area contributed by atoms with Crippen LogP contribution in [0.25, 0.3) is 0 Å². The van der Waals surface area contributed by atoms with E-state index in [1.807, 2.05) is 4.90 Å². The van der Waals surface area contributed by atoms with E-state index in [0.717, 1.165) is 25.6 Å². The summed E-state index contributed by atoms with van der Waals surface area (Å²) in [5.74, 6) is 0.862. The van der Waals surface area contributed by atoms with E-state index >= 15 is 0 Å². The number of methoxy groups -OCH3 is 1. The van der Waals surface area contributed by atoms with Crippen LogP contribution < -0.4 is 5.32 Å². The van der Waals surface area contributed by atoms with Crippen LogP contribution in [0.15, 0.2) is 0 Å². The molecule has 2 fully saturated rings. The predicted octanol–water partition coefficient (Wildman–Crippen LogP) is -0.157. The van der Waals surface area contributed by atoms with Crippen molar-refractivity contribution in [3.8, 4) is 0 Å². The number of likely N-dealkylation sites (tertiary alicyclic amines) is 1. The van der Waals surface area contributed by atoms with Gasteiger partial charge in [0.15, 0.2) is 0 Å². The van der Waals surface area contributed by atoms with Crippen molar-refractivity contribution in [2.24, 2.45) is 5.92 Å². The number of rotatable bonds is 2. The molecule has 0 saturated carbocycles. The highest BCUT2D eigenvalue weighted by Crippen LogP contribution is 2.28. The summed E-state index contributed by atoms with van der Waals surface area (Å²) in [6.07, 6.45) is 2.38. The Hall–Kier alpha value is -0.610. The first-order chi connectivity index (χ1) is 6.83. The highest BCUT2D eigenvalue weighted by molar-refractivity contribution is 5.78. The van der Waals surface area contributed by atoms with E-state index < -0.39 is 0 Å². The summed E-state index contributed by atoms with van der Waals surface area (Å²) < 4.78 is 4.88. The summed E-state index contributed by atoms with van der Waals surface area (Å²) in [4.78, 5) is 13.7. The second-order valence-corrected chi connectivity index (χ2v) is 4.13. The van der Waals surface area contributed by atoms with Gasteiger partial charge in [-0.05, 0) is 25.3 Å². The number of fused-ring (bicyclic) bond motifs is 1. The minimum Gasteiger partial charge on any atom is -0.375 e. The highest BCUT2D eigenvalue weighted by atomic mass is 16.5. The molecule has 0 radical (unpaired) electrons. The van der Waals surface area contributed by atoms with Gasteiger partial charge in [0.25, 0.3) is 0 Å². The van der Waals surface area contributed by atoms with Gasteiger partial charge in [0.05, 0.1) is 0 Å². The maximum Gasteiger partial charge on any atom is 0.248 e. The number of nitrogens with zero attached hydrogens (tertiary/aromatic N) is 1. The molecule has 2 rings (SSSR count). The first kappa shape index (κ1) is 9.93. The molecule has 4 nitrogen and oxygen atoms in total. The lowest BCUT2D eigenvalue weighted by Crippen LogP contribution is -2.48. The maximum atomic E-state index is 11.7. The van der Waals surface area contributed by atoms with Gasteiger partial charge in [-0.15, -0.1) is 0 Å². The molecule has 0 aromatic rings. The Morgan fingerprint density at radius 1 is 1.57 bits per heavy atom. The van der Waals surface area contributed by atoms with Gasteiger partial charge in [0, 0.05) is 26.2 Å². The molecule has 0 unspecified atom stereocenters. The zero-order chi connectivity index (χ0) is 9.97. The summed E-state index contributed by atoms with van der Waals surface area (Å²) in [5, 5.41) is 3.35. The zero-order valence-electron chi connectivity index (χ0n) is 8.66. The molecular formula is C10H18N2O2. The van der Waals surface area contributed by atoms with Gasteiger partial charge in [-0.25, -0.2) is 0 Å². The van der Waals surface area contributed by atoms with Gasteiger partial charge < -0.3 is 15.0 Å². The molecule has 1 N–H and O–H groups in total. The van der Waals surface area contributed by atoms with E-state index in [0.29, 0.717) is 6.04 Å². The summed E-state index contributed by atoms with van der Waals surface area (Å²) in [6.45, 7) is 3.20. The van der Waals surface area contributed by atoms with E-state index in [4.69, 9.17) is 4.74 Å². The molecule has 1 amide bonds. The number of hydrogen-bond acceptors (Lipinski definition) is 3. The average molecular weight is 198 g/mol. The summed E-state index contributed by atoms with van der Waals surface area (Å²) in [7, 11) is 1.57. The molecule has 80 valence electrons. The van der Waals surface area contributed by atoms with Gasteiger partial charge in [-0.3, -0.25) is 4.79 Å². The second kappa shape index (κ2) is 4.28. The highest BCUT2D eigenvalue weighted by Gasteiger charge is 2.37. The van der Waals surface area contributed by atoms with Crippen LogP contribution in [-0.2, 0) is 9.53 Å². The van der Waals surface area contributed by atoms with Crippen molar-refractivity contribution in [3.63, 3.8) is 0 Å². The Kier molecular flexibility index (Phi) is 3.03. The van der Waals surface area contributed by atoms with Gasteiger partial charge >= 0.3 is 0 Å². The van der Waals surface area contributed by atoms with Crippen molar-refractivity contribution in [2.45, 2.75) is 18.9 Å². The SMILES string of the molecule is COCC(=O)N1CC[C@H]2CCNC[C@H]21. The summed E-state index contributed by atoms with van der Waals surface area (Å²) in [6, 6.07) is 0.423. The number of hydrogen-bond donors (Lipinski definition) is 1. The first-order valence-corrected chi connectivity index (χ1v) is 5.32. The number of nitrogens with one attached hydrogen (secondary N) is 1. The van der Waals surface area contributed by atoms with Crippen molar-refractivity contribution in [3.05, 3.63) is 0 Å². The molecule has 0 aliphatic carbocycles. The van der Waals surface area contributed by atoms with E-state index in [2.05, 4.69) is 5.32 Å². The maximum absolute atomic E-state index is 11.7. The van der Waals surface area contributed by atoms with Crippen molar-refractivity contribution in [1.82, 2.24) is 10.2 Å². The fourth-order valence-electron chi connectivity index (χ4n) is 2.58. The standard InChI is InChI=1S/C10H18N2O2/c1-14-7-10(13)12-5-3-8-2-4-11-6-9(8)12/h8-9,11H,2-7H2,1H3/t8-,9-/m1/s1. The second-order valence-electron chi connectivity index (χ2n) is 4.13. The van der Waals surface area contributed by atoms with Crippen LogP contribution in [0.4, 0.5) is 0 Å².